The number of rotatable bonds is 3. The fourth-order valence-electron chi connectivity index (χ4n) is 2.59. The summed E-state index contributed by atoms with van der Waals surface area (Å²) in [5.41, 5.74) is 1.64. The van der Waals surface area contributed by atoms with Crippen LogP contribution >= 0.6 is 0 Å². The van der Waals surface area contributed by atoms with Crippen LogP contribution in [0.5, 0.6) is 0 Å². The molecule has 0 spiro atoms. The maximum atomic E-state index is 14.1. The molecule has 0 aromatic carbocycles. The van der Waals surface area contributed by atoms with Crippen molar-refractivity contribution in [2.45, 2.75) is 19.0 Å². The first-order valence-electron chi connectivity index (χ1n) is 7.30. The maximum Gasteiger partial charge on any atom is 0.389 e. The molecule has 0 bridgehead atoms. The highest BCUT2D eigenvalue weighted by molar-refractivity contribution is 5.93. The van der Waals surface area contributed by atoms with Crippen LogP contribution in [-0.2, 0) is 6.42 Å². The van der Waals surface area contributed by atoms with Crippen molar-refractivity contribution in [3.05, 3.63) is 42.6 Å². The van der Waals surface area contributed by atoms with Gasteiger partial charge < -0.3 is 4.98 Å². The molecule has 0 amide bonds. The molecule has 0 aliphatic heterocycles. The SMILES string of the molecule is Fc1cc(-c2c[nH]c3nc(CCC(F)(F)F)ncc23)cn2ncnc12. The highest BCUT2D eigenvalue weighted by atomic mass is 19.4. The second kappa shape index (κ2) is 5.50. The number of aryl methyl sites for hydroxylation is 1. The lowest BCUT2D eigenvalue weighted by Crippen LogP contribution is -2.10. The van der Waals surface area contributed by atoms with Crippen molar-refractivity contribution in [1.82, 2.24) is 29.5 Å². The van der Waals surface area contributed by atoms with Crippen LogP contribution in [0.25, 0.3) is 27.8 Å². The van der Waals surface area contributed by atoms with E-state index in [1.165, 1.54) is 23.1 Å². The van der Waals surface area contributed by atoms with Gasteiger partial charge in [-0.1, -0.05) is 0 Å². The molecular weight excluding hydrogens is 340 g/mol. The molecular formula is C15H10F4N6. The third kappa shape index (κ3) is 2.90. The highest BCUT2D eigenvalue weighted by Crippen LogP contribution is 2.29. The Morgan fingerprint density at radius 1 is 1.20 bits per heavy atom. The zero-order valence-corrected chi connectivity index (χ0v) is 12.5. The van der Waals surface area contributed by atoms with E-state index >= 15 is 0 Å². The van der Waals surface area contributed by atoms with Crippen molar-refractivity contribution in [2.24, 2.45) is 0 Å². The normalized spacial score (nSPS) is 12.3. The topological polar surface area (TPSA) is 71.8 Å². The third-order valence-electron chi connectivity index (χ3n) is 3.76. The van der Waals surface area contributed by atoms with Crippen LogP contribution in [0.2, 0.25) is 0 Å². The molecule has 0 aliphatic rings. The Morgan fingerprint density at radius 3 is 2.84 bits per heavy atom. The number of hydrogen-bond donors (Lipinski definition) is 1. The van der Waals surface area contributed by atoms with E-state index in [0.29, 0.717) is 22.2 Å². The quantitative estimate of drug-likeness (QED) is 0.576. The van der Waals surface area contributed by atoms with Gasteiger partial charge in [0.05, 0.1) is 6.42 Å². The van der Waals surface area contributed by atoms with Crippen molar-refractivity contribution in [3.8, 4) is 11.1 Å². The van der Waals surface area contributed by atoms with Crippen molar-refractivity contribution in [2.75, 3.05) is 0 Å². The van der Waals surface area contributed by atoms with Crippen LogP contribution in [0.4, 0.5) is 17.6 Å². The monoisotopic (exact) mass is 350 g/mol. The van der Waals surface area contributed by atoms with Crippen LogP contribution < -0.4 is 0 Å². The van der Waals surface area contributed by atoms with Gasteiger partial charge in [0, 0.05) is 41.5 Å². The number of hydrogen-bond acceptors (Lipinski definition) is 4. The molecule has 0 saturated heterocycles. The molecule has 10 heteroatoms. The lowest BCUT2D eigenvalue weighted by Gasteiger charge is -2.05. The molecule has 4 aromatic rings. The zero-order valence-electron chi connectivity index (χ0n) is 12.5. The van der Waals surface area contributed by atoms with Crippen LogP contribution in [0.1, 0.15) is 12.2 Å². The molecule has 0 saturated carbocycles. The number of nitrogens with zero attached hydrogens (tertiary/aromatic N) is 5. The van der Waals surface area contributed by atoms with Gasteiger partial charge in [-0.15, -0.1) is 0 Å². The number of H-pyrrole nitrogens is 1. The maximum absolute atomic E-state index is 14.1. The smallest absolute Gasteiger partial charge is 0.345 e. The van der Waals surface area contributed by atoms with E-state index in [2.05, 4.69) is 25.0 Å². The third-order valence-corrected chi connectivity index (χ3v) is 3.76. The number of nitrogens with one attached hydrogen (secondary N) is 1. The Labute approximate surface area is 137 Å². The van der Waals surface area contributed by atoms with E-state index < -0.39 is 18.4 Å². The second-order valence-corrected chi connectivity index (χ2v) is 5.47. The van der Waals surface area contributed by atoms with Crippen molar-refractivity contribution >= 4 is 16.7 Å². The fourth-order valence-corrected chi connectivity index (χ4v) is 2.59. The molecule has 128 valence electrons. The van der Waals surface area contributed by atoms with Crippen LogP contribution in [0.15, 0.2) is 31.0 Å². The van der Waals surface area contributed by atoms with E-state index in [1.807, 2.05) is 0 Å². The number of aromatic nitrogens is 6. The van der Waals surface area contributed by atoms with E-state index in [1.54, 1.807) is 12.4 Å². The summed E-state index contributed by atoms with van der Waals surface area (Å²) >= 11 is 0. The minimum absolute atomic E-state index is 0.0936. The predicted octanol–water partition coefficient (Wildman–Crippen LogP) is 3.30. The van der Waals surface area contributed by atoms with Crippen LogP contribution in [-0.4, -0.2) is 35.7 Å². The van der Waals surface area contributed by atoms with Gasteiger partial charge in [-0.2, -0.15) is 18.3 Å². The first kappa shape index (κ1) is 15.5. The van der Waals surface area contributed by atoms with Crippen molar-refractivity contribution in [1.29, 1.82) is 0 Å². The lowest BCUT2D eigenvalue weighted by molar-refractivity contribution is -0.134. The summed E-state index contributed by atoms with van der Waals surface area (Å²) in [5.74, 6) is -0.441. The number of alkyl halides is 3. The standard InChI is InChI=1S/C15H10F4N6/c16-11-3-8(6-25-14(11)22-7-23-25)9-4-21-13-10(9)5-20-12(24-13)1-2-15(17,18)19/h3-7H,1-2H2,(H,20,21,24). The number of pyridine rings is 1. The molecule has 4 aromatic heterocycles. The van der Waals surface area contributed by atoms with Gasteiger partial charge in [0.2, 0.25) is 0 Å². The van der Waals surface area contributed by atoms with Crippen LogP contribution in [0.3, 0.4) is 0 Å². The molecule has 0 unspecified atom stereocenters. The minimum Gasteiger partial charge on any atom is -0.345 e. The molecule has 0 fully saturated rings. The molecule has 4 rings (SSSR count). The molecule has 4 heterocycles. The second-order valence-electron chi connectivity index (χ2n) is 5.47. The molecule has 0 atom stereocenters. The minimum atomic E-state index is -4.26. The Kier molecular flexibility index (Phi) is 3.41. The summed E-state index contributed by atoms with van der Waals surface area (Å²) in [5, 5.41) is 4.49. The van der Waals surface area contributed by atoms with E-state index in [0.717, 1.165) is 0 Å². The summed E-state index contributed by atoms with van der Waals surface area (Å²) in [7, 11) is 0. The van der Waals surface area contributed by atoms with Gasteiger partial charge in [-0.25, -0.2) is 23.9 Å². The molecule has 6 nitrogen and oxygen atoms in total. The van der Waals surface area contributed by atoms with Gasteiger partial charge in [0.15, 0.2) is 11.5 Å². The first-order valence-corrected chi connectivity index (χ1v) is 7.30. The van der Waals surface area contributed by atoms with Crippen molar-refractivity contribution < 1.29 is 17.6 Å². The summed E-state index contributed by atoms with van der Waals surface area (Å²) in [4.78, 5) is 14.8. The summed E-state index contributed by atoms with van der Waals surface area (Å²) in [6, 6.07) is 1.31. The van der Waals surface area contributed by atoms with Crippen molar-refractivity contribution in [3.63, 3.8) is 0 Å². The molecule has 0 aliphatic carbocycles. The summed E-state index contributed by atoms with van der Waals surface area (Å²) in [6.07, 6.45) is 0.338. The highest BCUT2D eigenvalue weighted by Gasteiger charge is 2.27. The van der Waals surface area contributed by atoms with E-state index in [-0.39, 0.29) is 17.9 Å². The van der Waals surface area contributed by atoms with E-state index in [9.17, 15) is 17.6 Å². The average Bonchev–Trinajstić information content (AvgIpc) is 3.18. The summed E-state index contributed by atoms with van der Waals surface area (Å²) < 4.78 is 52.3. The summed E-state index contributed by atoms with van der Waals surface area (Å²) in [6.45, 7) is 0. The largest absolute Gasteiger partial charge is 0.389 e. The van der Waals surface area contributed by atoms with Gasteiger partial charge in [-0.05, 0) is 6.07 Å². The first-order chi connectivity index (χ1) is 11.9. The average molecular weight is 350 g/mol. The van der Waals surface area contributed by atoms with Gasteiger partial charge in [-0.3, -0.25) is 0 Å². The van der Waals surface area contributed by atoms with Gasteiger partial charge in [0.1, 0.15) is 17.8 Å². The van der Waals surface area contributed by atoms with E-state index in [4.69, 9.17) is 0 Å². The zero-order chi connectivity index (χ0) is 17.6. The lowest BCUT2D eigenvalue weighted by atomic mass is 10.1. The number of halogens is 4. The Balaban J connectivity index is 1.73. The Hall–Kier alpha value is -3.04. The van der Waals surface area contributed by atoms with Gasteiger partial charge in [0.25, 0.3) is 0 Å². The molecule has 0 radical (unpaired) electrons. The number of fused-ring (bicyclic) bond motifs is 2. The molecule has 1 N–H and O–H groups in total. The number of aromatic amines is 1. The van der Waals surface area contributed by atoms with Crippen LogP contribution in [0, 0.1) is 5.82 Å². The predicted molar refractivity (Wildman–Crippen MR) is 80.2 cm³/mol. The molecule has 25 heavy (non-hydrogen) atoms. The fraction of sp³-hybridized carbons (Fsp3) is 0.200. The Morgan fingerprint density at radius 2 is 2.04 bits per heavy atom. The Bertz CT molecular complexity index is 1060. The van der Waals surface area contributed by atoms with Gasteiger partial charge >= 0.3 is 6.18 Å².